The Morgan fingerprint density at radius 2 is 1.14 bits per heavy atom. The molecule has 2 aliphatic rings. The fourth-order valence-electron chi connectivity index (χ4n) is 1.12. The van der Waals surface area contributed by atoms with E-state index in [4.69, 9.17) is 31.2 Å². The highest BCUT2D eigenvalue weighted by atomic mass is 16.5. The Kier molecular flexibility index (Phi) is 4.73. The summed E-state index contributed by atoms with van der Waals surface area (Å²) in [5, 5.41) is 17.5. The summed E-state index contributed by atoms with van der Waals surface area (Å²) in [6, 6.07) is -0.306. The largest absolute Gasteiger partial charge is 0.389 e. The number of aliphatic hydroxyl groups is 2. The van der Waals surface area contributed by atoms with Crippen LogP contribution in [0.5, 0.6) is 0 Å². The van der Waals surface area contributed by atoms with E-state index in [1.165, 1.54) is 0 Å². The zero-order chi connectivity index (χ0) is 10.6. The van der Waals surface area contributed by atoms with Gasteiger partial charge >= 0.3 is 0 Å². The predicted molar refractivity (Wildman–Crippen MR) is 49.6 cm³/mol. The Labute approximate surface area is 82.8 Å². The summed E-state index contributed by atoms with van der Waals surface area (Å²) < 4.78 is 9.59. The third kappa shape index (κ3) is 3.49. The summed E-state index contributed by atoms with van der Waals surface area (Å²) in [5.74, 6) is 0. The molecule has 0 unspecified atom stereocenters. The Balaban J connectivity index is 0.000000140. The van der Waals surface area contributed by atoms with E-state index in [0.29, 0.717) is 26.4 Å². The molecular weight excluding hydrogens is 188 g/mol. The van der Waals surface area contributed by atoms with Gasteiger partial charge in [0.2, 0.25) is 0 Å². The average Bonchev–Trinajstić information content (AvgIpc) is 2.67. The topological polar surface area (TPSA) is 111 Å². The molecule has 0 saturated carbocycles. The molecular formula is C8H18N2O4. The zero-order valence-corrected chi connectivity index (χ0v) is 8.00. The van der Waals surface area contributed by atoms with Crippen molar-refractivity contribution in [2.24, 2.45) is 11.5 Å². The third-order valence-corrected chi connectivity index (χ3v) is 2.19. The Morgan fingerprint density at radius 1 is 0.786 bits per heavy atom. The lowest BCUT2D eigenvalue weighted by atomic mass is 10.2. The monoisotopic (exact) mass is 206 g/mol. The van der Waals surface area contributed by atoms with Gasteiger partial charge in [-0.1, -0.05) is 0 Å². The number of rotatable bonds is 0. The molecule has 84 valence electrons. The lowest BCUT2D eigenvalue weighted by molar-refractivity contribution is 0.125. The van der Waals surface area contributed by atoms with E-state index in [1.54, 1.807) is 0 Å². The summed E-state index contributed by atoms with van der Waals surface area (Å²) in [6.07, 6.45) is -0.861. The molecule has 0 aliphatic carbocycles. The maximum atomic E-state index is 8.75. The normalized spacial score (nSPS) is 42.0. The first-order valence-corrected chi connectivity index (χ1v) is 4.64. The second-order valence-electron chi connectivity index (χ2n) is 3.54. The van der Waals surface area contributed by atoms with Gasteiger partial charge in [-0.15, -0.1) is 0 Å². The van der Waals surface area contributed by atoms with Gasteiger partial charge in [0.25, 0.3) is 0 Å². The van der Waals surface area contributed by atoms with Crippen LogP contribution in [-0.2, 0) is 9.47 Å². The number of hydrogen-bond acceptors (Lipinski definition) is 6. The molecule has 6 heteroatoms. The lowest BCUT2D eigenvalue weighted by Gasteiger charge is -2.01. The van der Waals surface area contributed by atoms with E-state index in [9.17, 15) is 0 Å². The second kappa shape index (κ2) is 5.59. The van der Waals surface area contributed by atoms with E-state index in [2.05, 4.69) is 0 Å². The first kappa shape index (κ1) is 11.8. The Morgan fingerprint density at radius 3 is 1.21 bits per heavy atom. The van der Waals surface area contributed by atoms with Crippen molar-refractivity contribution >= 4 is 0 Å². The summed E-state index contributed by atoms with van der Waals surface area (Å²) in [6.45, 7) is 1.81. The fourth-order valence-corrected chi connectivity index (χ4v) is 1.12. The molecule has 0 aromatic rings. The number of nitrogens with two attached hydrogens (primary N) is 2. The highest BCUT2D eigenvalue weighted by Crippen LogP contribution is 2.00. The first-order chi connectivity index (χ1) is 6.61. The van der Waals surface area contributed by atoms with Crippen molar-refractivity contribution in [3.8, 4) is 0 Å². The quantitative estimate of drug-likeness (QED) is 0.346. The summed E-state index contributed by atoms with van der Waals surface area (Å²) >= 11 is 0. The number of ether oxygens (including phenoxy) is 2. The van der Waals surface area contributed by atoms with Crippen LogP contribution in [0.3, 0.4) is 0 Å². The molecule has 6 nitrogen and oxygen atoms in total. The van der Waals surface area contributed by atoms with E-state index in [1.807, 2.05) is 0 Å². The van der Waals surface area contributed by atoms with Crippen LogP contribution in [0.1, 0.15) is 0 Å². The number of aliphatic hydroxyl groups excluding tert-OH is 2. The highest BCUT2D eigenvalue weighted by Gasteiger charge is 2.21. The summed E-state index contributed by atoms with van der Waals surface area (Å²) in [5.41, 5.74) is 10.6. The van der Waals surface area contributed by atoms with E-state index in [-0.39, 0.29) is 12.1 Å². The van der Waals surface area contributed by atoms with E-state index in [0.717, 1.165) is 0 Å². The van der Waals surface area contributed by atoms with E-state index >= 15 is 0 Å². The van der Waals surface area contributed by atoms with Crippen LogP contribution < -0.4 is 11.5 Å². The predicted octanol–water partition coefficient (Wildman–Crippen LogP) is -2.59. The molecule has 2 rings (SSSR count). The molecule has 4 atom stereocenters. The minimum Gasteiger partial charge on any atom is -0.389 e. The van der Waals surface area contributed by atoms with Crippen LogP contribution in [0, 0.1) is 0 Å². The van der Waals surface area contributed by atoms with Crippen molar-refractivity contribution in [2.45, 2.75) is 24.3 Å². The smallest absolute Gasteiger partial charge is 0.0946 e. The standard InChI is InChI=1S/2C4H9NO2/c2*5-3-1-7-2-4(3)6/h2*3-4,6H,1-2,5H2/t3-,4+;3-,4-/m00/s1. The van der Waals surface area contributed by atoms with Crippen LogP contribution >= 0.6 is 0 Å². The van der Waals surface area contributed by atoms with Gasteiger partial charge in [0, 0.05) is 0 Å². The van der Waals surface area contributed by atoms with Gasteiger partial charge in [-0.25, -0.2) is 0 Å². The molecule has 6 N–H and O–H groups in total. The van der Waals surface area contributed by atoms with Crippen molar-refractivity contribution in [3.05, 3.63) is 0 Å². The van der Waals surface area contributed by atoms with Gasteiger partial charge < -0.3 is 31.2 Å². The highest BCUT2D eigenvalue weighted by molar-refractivity contribution is 4.76. The van der Waals surface area contributed by atoms with Crippen molar-refractivity contribution in [1.82, 2.24) is 0 Å². The minimum atomic E-state index is -0.431. The van der Waals surface area contributed by atoms with Crippen LogP contribution in [0.2, 0.25) is 0 Å². The van der Waals surface area contributed by atoms with Gasteiger partial charge in [0.1, 0.15) is 0 Å². The summed E-state index contributed by atoms with van der Waals surface area (Å²) in [4.78, 5) is 0. The fraction of sp³-hybridized carbons (Fsp3) is 1.00. The van der Waals surface area contributed by atoms with Gasteiger partial charge in [-0.05, 0) is 0 Å². The minimum absolute atomic E-state index is 0.153. The van der Waals surface area contributed by atoms with Crippen molar-refractivity contribution in [3.63, 3.8) is 0 Å². The Hall–Kier alpha value is -0.240. The van der Waals surface area contributed by atoms with Crippen molar-refractivity contribution < 1.29 is 19.7 Å². The maximum absolute atomic E-state index is 8.75. The molecule has 2 heterocycles. The molecule has 0 bridgehead atoms. The van der Waals surface area contributed by atoms with Crippen LogP contribution in [-0.4, -0.2) is 60.9 Å². The lowest BCUT2D eigenvalue weighted by Crippen LogP contribution is -2.32. The second-order valence-corrected chi connectivity index (χ2v) is 3.54. The number of hydrogen-bond donors (Lipinski definition) is 4. The molecule has 0 amide bonds. The van der Waals surface area contributed by atoms with Gasteiger partial charge in [-0.2, -0.15) is 0 Å². The zero-order valence-electron chi connectivity index (χ0n) is 8.00. The Bertz CT molecular complexity index is 135. The van der Waals surface area contributed by atoms with Gasteiger partial charge in [0.15, 0.2) is 0 Å². The van der Waals surface area contributed by atoms with Gasteiger partial charge in [0.05, 0.1) is 50.7 Å². The first-order valence-electron chi connectivity index (χ1n) is 4.64. The van der Waals surface area contributed by atoms with Crippen molar-refractivity contribution in [2.75, 3.05) is 26.4 Å². The van der Waals surface area contributed by atoms with E-state index < -0.39 is 12.2 Å². The molecule has 0 aromatic carbocycles. The molecule has 2 aliphatic heterocycles. The van der Waals surface area contributed by atoms with Gasteiger partial charge in [-0.3, -0.25) is 0 Å². The molecule has 0 aromatic heterocycles. The SMILES string of the molecule is N[C@H]1COC[C@@H]1O.N[C@H]1COC[C@H]1O. The maximum Gasteiger partial charge on any atom is 0.0946 e. The van der Waals surface area contributed by atoms with Crippen LogP contribution in [0.25, 0.3) is 0 Å². The third-order valence-electron chi connectivity index (χ3n) is 2.19. The average molecular weight is 206 g/mol. The molecule has 0 radical (unpaired) electrons. The molecule has 0 spiro atoms. The van der Waals surface area contributed by atoms with Crippen LogP contribution in [0.4, 0.5) is 0 Å². The summed E-state index contributed by atoms with van der Waals surface area (Å²) in [7, 11) is 0. The van der Waals surface area contributed by atoms with Crippen molar-refractivity contribution in [1.29, 1.82) is 0 Å². The molecule has 14 heavy (non-hydrogen) atoms. The van der Waals surface area contributed by atoms with Crippen LogP contribution in [0.15, 0.2) is 0 Å². The molecule has 2 fully saturated rings. The molecule has 2 saturated heterocycles.